The molecule has 1 aromatic heterocycles. The molecule has 0 unspecified atom stereocenters. The van der Waals surface area contributed by atoms with Crippen LogP contribution in [-0.2, 0) is 0 Å². The molecule has 1 aromatic rings. The lowest BCUT2D eigenvalue weighted by Crippen LogP contribution is -2.30. The fraction of sp³-hybridized carbons (Fsp3) is 0.545. The van der Waals surface area contributed by atoms with E-state index < -0.39 is 0 Å². The number of aliphatic hydroxyl groups is 1. The Morgan fingerprint density at radius 2 is 2.24 bits per heavy atom. The van der Waals surface area contributed by atoms with Gasteiger partial charge < -0.3 is 10.4 Å². The number of rotatable bonds is 5. The quantitative estimate of drug-likeness (QED) is 0.821. The zero-order chi connectivity index (χ0) is 12.5. The summed E-state index contributed by atoms with van der Waals surface area (Å²) in [6, 6.07) is 1.82. The molecule has 3 nitrogen and oxygen atoms in total. The molecule has 6 heteroatoms. The van der Waals surface area contributed by atoms with Gasteiger partial charge in [0.1, 0.15) is 0 Å². The summed E-state index contributed by atoms with van der Waals surface area (Å²) < 4.78 is 1.84. The number of halogens is 2. The Morgan fingerprint density at radius 1 is 1.53 bits per heavy atom. The first-order valence-corrected chi connectivity index (χ1v) is 7.80. The molecular weight excluding hydrogens is 370 g/mol. The van der Waals surface area contributed by atoms with Gasteiger partial charge in [-0.1, -0.05) is 0 Å². The van der Waals surface area contributed by atoms with E-state index in [0.717, 1.165) is 27.5 Å². The van der Waals surface area contributed by atoms with Crippen molar-refractivity contribution in [3.8, 4) is 0 Å². The first kappa shape index (κ1) is 13.5. The second kappa shape index (κ2) is 5.38. The van der Waals surface area contributed by atoms with E-state index in [-0.39, 0.29) is 17.9 Å². The third-order valence-corrected chi connectivity index (χ3v) is 6.35. The van der Waals surface area contributed by atoms with E-state index in [1.54, 1.807) is 0 Å². The van der Waals surface area contributed by atoms with Crippen LogP contribution < -0.4 is 5.32 Å². The molecule has 0 bridgehead atoms. The Balaban J connectivity index is 1.89. The van der Waals surface area contributed by atoms with Crippen LogP contribution in [0.5, 0.6) is 0 Å². The maximum Gasteiger partial charge on any atom is 0.261 e. The SMILES string of the molecule is O=C(NCC1(CCO)CC1)c1cc(Br)c(Br)s1. The van der Waals surface area contributed by atoms with Crippen molar-refractivity contribution in [3.05, 3.63) is 19.2 Å². The summed E-state index contributed by atoms with van der Waals surface area (Å²) in [5.41, 5.74) is 0.163. The Labute approximate surface area is 121 Å². The van der Waals surface area contributed by atoms with E-state index in [0.29, 0.717) is 11.4 Å². The standard InChI is InChI=1S/C11H13Br2NO2S/c12-7-5-8(17-9(7)13)10(16)14-6-11(1-2-11)3-4-15/h5,15H,1-4,6H2,(H,14,16). The molecule has 0 radical (unpaired) electrons. The van der Waals surface area contributed by atoms with Gasteiger partial charge in [-0.05, 0) is 62.6 Å². The largest absolute Gasteiger partial charge is 0.396 e. The predicted octanol–water partition coefficient (Wildman–Crippen LogP) is 3.17. The van der Waals surface area contributed by atoms with Gasteiger partial charge in [0, 0.05) is 17.6 Å². The van der Waals surface area contributed by atoms with Crippen LogP contribution in [0.1, 0.15) is 28.9 Å². The van der Waals surface area contributed by atoms with Gasteiger partial charge in [-0.25, -0.2) is 0 Å². The van der Waals surface area contributed by atoms with Gasteiger partial charge in [0.05, 0.1) is 8.66 Å². The summed E-state index contributed by atoms with van der Waals surface area (Å²) in [7, 11) is 0. The Bertz CT molecular complexity index is 410. The van der Waals surface area contributed by atoms with Crippen molar-refractivity contribution in [2.45, 2.75) is 19.3 Å². The first-order chi connectivity index (χ1) is 8.06. The van der Waals surface area contributed by atoms with Crippen molar-refractivity contribution in [3.63, 3.8) is 0 Å². The minimum absolute atomic E-state index is 0.0365. The Hall–Kier alpha value is 0.0900. The third-order valence-electron chi connectivity index (χ3n) is 3.09. The average molecular weight is 383 g/mol. The van der Waals surface area contributed by atoms with Crippen molar-refractivity contribution in [1.82, 2.24) is 5.32 Å². The minimum Gasteiger partial charge on any atom is -0.396 e. The van der Waals surface area contributed by atoms with Gasteiger partial charge in [-0.3, -0.25) is 4.79 Å². The molecule has 1 saturated carbocycles. The highest BCUT2D eigenvalue weighted by Crippen LogP contribution is 2.48. The molecule has 1 amide bonds. The van der Waals surface area contributed by atoms with Crippen LogP contribution in [-0.4, -0.2) is 24.2 Å². The fourth-order valence-electron chi connectivity index (χ4n) is 1.74. The van der Waals surface area contributed by atoms with Crippen molar-refractivity contribution >= 4 is 49.1 Å². The lowest BCUT2D eigenvalue weighted by Gasteiger charge is -2.13. The summed E-state index contributed by atoms with van der Waals surface area (Å²) in [6.07, 6.45) is 2.99. The summed E-state index contributed by atoms with van der Waals surface area (Å²) in [5, 5.41) is 11.9. The highest BCUT2D eigenvalue weighted by atomic mass is 79.9. The van der Waals surface area contributed by atoms with E-state index in [9.17, 15) is 4.79 Å². The van der Waals surface area contributed by atoms with Crippen molar-refractivity contribution < 1.29 is 9.90 Å². The summed E-state index contributed by atoms with van der Waals surface area (Å²) in [6.45, 7) is 0.867. The summed E-state index contributed by atoms with van der Waals surface area (Å²) in [5.74, 6) is -0.0365. The van der Waals surface area contributed by atoms with Crippen molar-refractivity contribution in [1.29, 1.82) is 0 Å². The summed E-state index contributed by atoms with van der Waals surface area (Å²) in [4.78, 5) is 12.6. The molecule has 1 aliphatic rings. The highest BCUT2D eigenvalue weighted by molar-refractivity contribution is 9.13. The van der Waals surface area contributed by atoms with Crippen LogP contribution in [0.25, 0.3) is 0 Å². The molecule has 0 saturated heterocycles. The molecule has 1 aliphatic carbocycles. The molecule has 0 aliphatic heterocycles. The molecular formula is C11H13Br2NO2S. The second-order valence-corrected chi connectivity index (χ2v) is 7.61. The normalized spacial score (nSPS) is 16.9. The van der Waals surface area contributed by atoms with Crippen molar-refractivity contribution in [2.24, 2.45) is 5.41 Å². The van der Waals surface area contributed by atoms with Gasteiger partial charge in [0.15, 0.2) is 0 Å². The van der Waals surface area contributed by atoms with Gasteiger partial charge in [0.25, 0.3) is 5.91 Å². The Kier molecular flexibility index (Phi) is 4.28. The average Bonchev–Trinajstić information content (AvgIpc) is 2.97. The van der Waals surface area contributed by atoms with Gasteiger partial charge in [-0.2, -0.15) is 0 Å². The number of amides is 1. The van der Waals surface area contributed by atoms with Crippen LogP contribution >= 0.6 is 43.2 Å². The number of carbonyl (C=O) groups is 1. The molecule has 0 aromatic carbocycles. The molecule has 0 atom stereocenters. The number of thiophene rings is 1. The van der Waals surface area contributed by atoms with E-state index in [1.807, 2.05) is 6.07 Å². The van der Waals surface area contributed by atoms with Crippen LogP contribution in [0.15, 0.2) is 14.3 Å². The van der Waals surface area contributed by atoms with E-state index in [4.69, 9.17) is 5.11 Å². The van der Waals surface area contributed by atoms with Crippen LogP contribution in [0.3, 0.4) is 0 Å². The first-order valence-electron chi connectivity index (χ1n) is 5.40. The van der Waals surface area contributed by atoms with Crippen molar-refractivity contribution in [2.75, 3.05) is 13.2 Å². The fourth-order valence-corrected chi connectivity index (χ4v) is 3.69. The monoisotopic (exact) mass is 381 g/mol. The number of nitrogens with one attached hydrogen (secondary N) is 1. The second-order valence-electron chi connectivity index (χ2n) is 4.39. The molecule has 1 fully saturated rings. The zero-order valence-corrected chi connectivity index (χ0v) is 13.1. The van der Waals surface area contributed by atoms with Gasteiger partial charge >= 0.3 is 0 Å². The Morgan fingerprint density at radius 3 is 2.71 bits per heavy atom. The molecule has 2 N–H and O–H groups in total. The topological polar surface area (TPSA) is 49.3 Å². The minimum atomic E-state index is -0.0365. The predicted molar refractivity (Wildman–Crippen MR) is 75.4 cm³/mol. The summed E-state index contributed by atoms with van der Waals surface area (Å²) >= 11 is 8.15. The molecule has 2 rings (SSSR count). The van der Waals surface area contributed by atoms with Crippen LogP contribution in [0, 0.1) is 5.41 Å². The third kappa shape index (κ3) is 3.30. The van der Waals surface area contributed by atoms with E-state index in [1.165, 1.54) is 11.3 Å². The number of carbonyl (C=O) groups excluding carboxylic acids is 1. The van der Waals surface area contributed by atoms with Crippen LogP contribution in [0.4, 0.5) is 0 Å². The number of hydrogen-bond acceptors (Lipinski definition) is 3. The molecule has 94 valence electrons. The van der Waals surface area contributed by atoms with Crippen LogP contribution in [0.2, 0.25) is 0 Å². The lowest BCUT2D eigenvalue weighted by atomic mass is 10.0. The molecule has 17 heavy (non-hydrogen) atoms. The maximum absolute atomic E-state index is 11.9. The van der Waals surface area contributed by atoms with E-state index >= 15 is 0 Å². The maximum atomic E-state index is 11.9. The molecule has 1 heterocycles. The highest BCUT2D eigenvalue weighted by Gasteiger charge is 2.41. The molecule has 0 spiro atoms. The van der Waals surface area contributed by atoms with E-state index in [2.05, 4.69) is 37.2 Å². The number of aliphatic hydroxyl groups excluding tert-OH is 1. The lowest BCUT2D eigenvalue weighted by molar-refractivity contribution is 0.0945. The smallest absolute Gasteiger partial charge is 0.261 e. The van der Waals surface area contributed by atoms with Gasteiger partial charge in [0.2, 0.25) is 0 Å². The van der Waals surface area contributed by atoms with Gasteiger partial charge in [-0.15, -0.1) is 11.3 Å². The number of hydrogen-bond donors (Lipinski definition) is 2. The zero-order valence-electron chi connectivity index (χ0n) is 9.13.